The Kier molecular flexibility index (Phi) is 3.71. The molecule has 3 rings (SSSR count). The number of pyridine rings is 1. The molecule has 0 aliphatic rings. The Morgan fingerprint density at radius 1 is 0.870 bits per heavy atom. The van der Waals surface area contributed by atoms with Gasteiger partial charge in [0.1, 0.15) is 12.9 Å². The molecule has 0 N–H and O–H groups in total. The molecular weight excluding hydrogens is 285 g/mol. The molecule has 0 aliphatic heterocycles. The van der Waals surface area contributed by atoms with Crippen LogP contribution in [0, 0.1) is 40.4 Å². The summed E-state index contributed by atoms with van der Waals surface area (Å²) in [7, 11) is 2.02. The van der Waals surface area contributed by atoms with Gasteiger partial charge < -0.3 is 0 Å². The Labute approximate surface area is 137 Å². The summed E-state index contributed by atoms with van der Waals surface area (Å²) in [4.78, 5) is 0. The second-order valence-electron chi connectivity index (χ2n) is 6.61. The fourth-order valence-electron chi connectivity index (χ4n) is 3.32. The van der Waals surface area contributed by atoms with Crippen molar-refractivity contribution in [3.05, 3.63) is 64.1 Å². The molecule has 0 bridgehead atoms. The second-order valence-corrected chi connectivity index (χ2v) is 6.61. The van der Waals surface area contributed by atoms with E-state index in [1.165, 1.54) is 5.56 Å². The molecule has 3 aromatic rings. The summed E-state index contributed by atoms with van der Waals surface area (Å²) >= 11 is 0. The van der Waals surface area contributed by atoms with E-state index >= 15 is 4.39 Å². The van der Waals surface area contributed by atoms with Crippen molar-refractivity contribution in [2.24, 2.45) is 7.05 Å². The number of aromatic nitrogens is 1. The highest BCUT2D eigenvalue weighted by molar-refractivity contribution is 5.94. The Balaban J connectivity index is 2.55. The lowest BCUT2D eigenvalue weighted by atomic mass is 9.93. The van der Waals surface area contributed by atoms with Crippen LogP contribution in [0.15, 0.2) is 30.3 Å². The molecule has 1 nitrogen and oxygen atoms in total. The van der Waals surface area contributed by atoms with E-state index < -0.39 is 0 Å². The number of aryl methyl sites for hydroxylation is 4. The van der Waals surface area contributed by atoms with Crippen LogP contribution in [0.4, 0.5) is 4.39 Å². The van der Waals surface area contributed by atoms with Gasteiger partial charge in [-0.05, 0) is 55.8 Å². The molecule has 2 aromatic carbocycles. The first kappa shape index (κ1) is 15.7. The van der Waals surface area contributed by atoms with Crippen LogP contribution in [0.3, 0.4) is 0 Å². The van der Waals surface area contributed by atoms with E-state index in [0.29, 0.717) is 5.56 Å². The average Bonchev–Trinajstić information content (AvgIpc) is 2.50. The third-order valence-corrected chi connectivity index (χ3v) is 4.89. The van der Waals surface area contributed by atoms with E-state index in [9.17, 15) is 0 Å². The predicted octanol–water partition coefficient (Wildman–Crippen LogP) is 5.01. The summed E-state index contributed by atoms with van der Waals surface area (Å²) in [6.07, 6.45) is 0. The second kappa shape index (κ2) is 5.45. The van der Waals surface area contributed by atoms with Crippen molar-refractivity contribution in [1.29, 1.82) is 0 Å². The molecule has 1 aromatic heterocycles. The summed E-state index contributed by atoms with van der Waals surface area (Å²) in [6, 6.07) is 10.5. The Bertz CT molecular complexity index is 912. The predicted molar refractivity (Wildman–Crippen MR) is 94.2 cm³/mol. The summed E-state index contributed by atoms with van der Waals surface area (Å²) in [5.41, 5.74) is 6.83. The molecule has 0 fully saturated rings. The molecule has 0 amide bonds. The third-order valence-electron chi connectivity index (χ3n) is 4.89. The van der Waals surface area contributed by atoms with E-state index in [0.717, 1.165) is 38.9 Å². The first-order valence-electron chi connectivity index (χ1n) is 7.98. The maximum atomic E-state index is 15.1. The monoisotopic (exact) mass is 308 g/mol. The molecule has 23 heavy (non-hydrogen) atoms. The zero-order valence-electron chi connectivity index (χ0n) is 14.7. The Hall–Kier alpha value is -2.22. The van der Waals surface area contributed by atoms with E-state index in [4.69, 9.17) is 0 Å². The van der Waals surface area contributed by atoms with Crippen LogP contribution in [0.5, 0.6) is 0 Å². The zero-order valence-corrected chi connectivity index (χ0v) is 14.7. The van der Waals surface area contributed by atoms with Gasteiger partial charge in [0.2, 0.25) is 5.69 Å². The van der Waals surface area contributed by atoms with Crippen LogP contribution in [0.2, 0.25) is 0 Å². The summed E-state index contributed by atoms with van der Waals surface area (Å²) in [5.74, 6) is -0.114. The average molecular weight is 308 g/mol. The van der Waals surface area contributed by atoms with E-state index in [1.807, 2.05) is 27.0 Å². The van der Waals surface area contributed by atoms with Crippen LogP contribution in [0.1, 0.15) is 27.9 Å². The third kappa shape index (κ3) is 2.42. The maximum Gasteiger partial charge on any atom is 0.223 e. The van der Waals surface area contributed by atoms with E-state index in [-0.39, 0.29) is 5.82 Å². The van der Waals surface area contributed by atoms with Gasteiger partial charge in [0.25, 0.3) is 0 Å². The Morgan fingerprint density at radius 2 is 1.57 bits per heavy atom. The first-order chi connectivity index (χ1) is 10.8. The highest BCUT2D eigenvalue weighted by Gasteiger charge is 2.24. The number of halogens is 1. The molecule has 0 atom stereocenters. The highest BCUT2D eigenvalue weighted by Crippen LogP contribution is 2.34. The van der Waals surface area contributed by atoms with Gasteiger partial charge in [-0.2, -0.15) is 4.57 Å². The highest BCUT2D eigenvalue weighted by atomic mass is 19.1. The van der Waals surface area contributed by atoms with Crippen LogP contribution in [-0.4, -0.2) is 0 Å². The molecule has 118 valence electrons. The molecule has 0 radical (unpaired) electrons. The fourth-order valence-corrected chi connectivity index (χ4v) is 3.32. The molecule has 0 spiro atoms. The molecule has 0 saturated heterocycles. The van der Waals surface area contributed by atoms with Gasteiger partial charge in [0.05, 0.1) is 10.9 Å². The van der Waals surface area contributed by atoms with Crippen LogP contribution < -0.4 is 4.57 Å². The minimum Gasteiger partial charge on any atom is -0.206 e. The lowest BCUT2D eigenvalue weighted by Gasteiger charge is -2.14. The molecule has 0 aliphatic carbocycles. The molecular formula is C21H23FN+. The normalized spacial score (nSPS) is 11.3. The summed E-state index contributed by atoms with van der Waals surface area (Å²) in [6.45, 7) is 10.0. The van der Waals surface area contributed by atoms with Crippen LogP contribution in [0.25, 0.3) is 22.0 Å². The van der Waals surface area contributed by atoms with E-state index in [2.05, 4.69) is 49.6 Å². The standard InChI is InChI=1S/C21H23FN/c1-12-7-8-17-11-15(4)23(6)21(18(17)9-12)19-16(5)13(2)10-14(3)20(19)22/h7-11H,1-6H3/q+1. The number of benzene rings is 2. The van der Waals surface area contributed by atoms with Gasteiger partial charge in [0, 0.05) is 13.0 Å². The number of rotatable bonds is 1. The lowest BCUT2D eigenvalue weighted by Crippen LogP contribution is -2.35. The summed E-state index contributed by atoms with van der Waals surface area (Å²) < 4.78 is 17.2. The lowest BCUT2D eigenvalue weighted by molar-refractivity contribution is -0.665. The molecule has 1 heterocycles. The zero-order chi connectivity index (χ0) is 16.9. The van der Waals surface area contributed by atoms with Crippen molar-refractivity contribution in [1.82, 2.24) is 0 Å². The molecule has 2 heteroatoms. The van der Waals surface area contributed by atoms with Crippen molar-refractivity contribution < 1.29 is 8.96 Å². The number of hydrogen-bond acceptors (Lipinski definition) is 0. The first-order valence-corrected chi connectivity index (χ1v) is 7.98. The smallest absolute Gasteiger partial charge is 0.206 e. The minimum atomic E-state index is -0.114. The van der Waals surface area contributed by atoms with Gasteiger partial charge in [-0.15, -0.1) is 0 Å². The topological polar surface area (TPSA) is 3.88 Å². The number of fused-ring (bicyclic) bond motifs is 1. The maximum absolute atomic E-state index is 15.1. The van der Waals surface area contributed by atoms with E-state index in [1.54, 1.807) is 0 Å². The number of nitrogens with zero attached hydrogens (tertiary/aromatic N) is 1. The van der Waals surface area contributed by atoms with Gasteiger partial charge in [-0.3, -0.25) is 0 Å². The van der Waals surface area contributed by atoms with Gasteiger partial charge in [0.15, 0.2) is 5.69 Å². The quantitative estimate of drug-likeness (QED) is 0.556. The van der Waals surface area contributed by atoms with Crippen LogP contribution in [-0.2, 0) is 7.05 Å². The molecule has 0 unspecified atom stereocenters. The Morgan fingerprint density at radius 3 is 2.26 bits per heavy atom. The van der Waals surface area contributed by atoms with Gasteiger partial charge >= 0.3 is 0 Å². The summed E-state index contributed by atoms with van der Waals surface area (Å²) in [5, 5.41) is 2.25. The molecule has 0 saturated carbocycles. The van der Waals surface area contributed by atoms with Crippen molar-refractivity contribution in [3.8, 4) is 11.3 Å². The number of hydrogen-bond donors (Lipinski definition) is 0. The van der Waals surface area contributed by atoms with Gasteiger partial charge in [-0.1, -0.05) is 23.8 Å². The largest absolute Gasteiger partial charge is 0.223 e. The van der Waals surface area contributed by atoms with Crippen molar-refractivity contribution in [2.75, 3.05) is 0 Å². The van der Waals surface area contributed by atoms with Crippen molar-refractivity contribution in [2.45, 2.75) is 34.6 Å². The van der Waals surface area contributed by atoms with Crippen molar-refractivity contribution >= 4 is 10.8 Å². The SMILES string of the molecule is Cc1ccc2cc(C)[n+](C)c(-c3c(C)c(C)cc(C)c3F)c2c1. The van der Waals surface area contributed by atoms with Crippen LogP contribution >= 0.6 is 0 Å². The van der Waals surface area contributed by atoms with Gasteiger partial charge in [-0.25, -0.2) is 4.39 Å². The fraction of sp³-hybridized carbons (Fsp3) is 0.286. The van der Waals surface area contributed by atoms with Crippen molar-refractivity contribution in [3.63, 3.8) is 0 Å². The minimum absolute atomic E-state index is 0.114.